The van der Waals surface area contributed by atoms with Crippen LogP contribution in [0.5, 0.6) is 5.75 Å². The van der Waals surface area contributed by atoms with Gasteiger partial charge in [-0.15, -0.1) is 0 Å². The zero-order valence-electron chi connectivity index (χ0n) is 17.4. The highest BCUT2D eigenvalue weighted by molar-refractivity contribution is 7.87. The van der Waals surface area contributed by atoms with Crippen LogP contribution in [0.3, 0.4) is 0 Å². The molecule has 2 aliphatic carbocycles. The Morgan fingerprint density at radius 2 is 1.72 bits per heavy atom. The molecule has 2 fully saturated rings. The fourth-order valence-corrected chi connectivity index (χ4v) is 7.36. The Balaban J connectivity index is 1.38. The Morgan fingerprint density at radius 3 is 2.41 bits per heavy atom. The van der Waals surface area contributed by atoms with Crippen LogP contribution in [0.15, 0.2) is 48.5 Å². The molecule has 0 amide bonds. The minimum absolute atomic E-state index is 0.0298. The maximum Gasteiger partial charge on any atom is 0.402 e. The van der Waals surface area contributed by atoms with Crippen LogP contribution in [0.4, 0.5) is 13.2 Å². The lowest BCUT2D eigenvalue weighted by Crippen LogP contribution is -2.52. The molecule has 0 radical (unpaired) electrons. The number of alkyl halides is 3. The van der Waals surface area contributed by atoms with Crippen molar-refractivity contribution < 1.29 is 26.3 Å². The van der Waals surface area contributed by atoms with Crippen molar-refractivity contribution in [1.29, 1.82) is 0 Å². The summed E-state index contributed by atoms with van der Waals surface area (Å²) in [4.78, 5) is 0. The number of nitrogens with one attached hydrogen (secondary N) is 1. The molecular formula is C23H25F3N2O3S. The highest BCUT2D eigenvalue weighted by Gasteiger charge is 2.60. The molecule has 3 aliphatic rings. The van der Waals surface area contributed by atoms with Gasteiger partial charge in [-0.2, -0.15) is 30.6 Å². The third-order valence-electron chi connectivity index (χ3n) is 7.13. The second-order valence-electron chi connectivity index (χ2n) is 9.11. The second kappa shape index (κ2) is 7.74. The molecule has 1 spiro atoms. The largest absolute Gasteiger partial charge is 0.489 e. The van der Waals surface area contributed by atoms with E-state index in [1.807, 2.05) is 48.5 Å². The number of nitrogens with zero attached hydrogens (tertiary/aromatic N) is 1. The minimum atomic E-state index is -4.57. The first-order valence-electron chi connectivity index (χ1n) is 10.8. The summed E-state index contributed by atoms with van der Waals surface area (Å²) in [7, 11) is -4.17. The van der Waals surface area contributed by atoms with Crippen molar-refractivity contribution in [2.45, 2.75) is 44.0 Å². The predicted molar refractivity (Wildman–Crippen MR) is 113 cm³/mol. The Bertz CT molecular complexity index is 1110. The van der Waals surface area contributed by atoms with Crippen LogP contribution in [0, 0.1) is 11.8 Å². The Labute approximate surface area is 185 Å². The van der Waals surface area contributed by atoms with Gasteiger partial charge in [-0.05, 0) is 66.3 Å². The van der Waals surface area contributed by atoms with Gasteiger partial charge in [0.1, 0.15) is 18.9 Å². The van der Waals surface area contributed by atoms with E-state index in [1.54, 1.807) is 0 Å². The van der Waals surface area contributed by atoms with Crippen LogP contribution < -0.4 is 9.46 Å². The zero-order valence-corrected chi connectivity index (χ0v) is 18.3. The normalized spacial score (nSPS) is 29.1. The van der Waals surface area contributed by atoms with E-state index in [-0.39, 0.29) is 18.4 Å². The van der Waals surface area contributed by atoms with E-state index in [0.717, 1.165) is 35.3 Å². The summed E-state index contributed by atoms with van der Waals surface area (Å²) in [6.07, 6.45) is -1.71. The average molecular weight is 467 g/mol. The highest BCUT2D eigenvalue weighted by atomic mass is 32.2. The number of halogens is 3. The van der Waals surface area contributed by atoms with E-state index in [9.17, 15) is 21.6 Å². The average Bonchev–Trinajstić information content (AvgIpc) is 3.11. The van der Waals surface area contributed by atoms with Gasteiger partial charge in [-0.3, -0.25) is 0 Å². The maximum atomic E-state index is 13.0. The van der Waals surface area contributed by atoms with Crippen molar-refractivity contribution in [3.05, 3.63) is 65.2 Å². The Morgan fingerprint density at radius 1 is 1.03 bits per heavy atom. The Hall–Kier alpha value is -2.10. The van der Waals surface area contributed by atoms with Crippen molar-refractivity contribution in [2.24, 2.45) is 11.8 Å². The van der Waals surface area contributed by atoms with Crippen LogP contribution in [0.1, 0.15) is 29.5 Å². The molecule has 32 heavy (non-hydrogen) atoms. The molecule has 1 saturated carbocycles. The zero-order chi connectivity index (χ0) is 22.6. The molecule has 2 aromatic rings. The number of hydrogen-bond donors (Lipinski definition) is 1. The summed E-state index contributed by atoms with van der Waals surface area (Å²) < 4.78 is 73.4. The van der Waals surface area contributed by atoms with Gasteiger partial charge in [0.2, 0.25) is 0 Å². The summed E-state index contributed by atoms with van der Waals surface area (Å²) in [6.45, 7) is -1.13. The molecule has 2 bridgehead atoms. The molecule has 1 aliphatic heterocycles. The van der Waals surface area contributed by atoms with Crippen LogP contribution in [-0.2, 0) is 29.7 Å². The first kappa shape index (κ1) is 21.7. The summed E-state index contributed by atoms with van der Waals surface area (Å²) in [5, 5.41) is 0. The quantitative estimate of drug-likeness (QED) is 0.745. The van der Waals surface area contributed by atoms with E-state index < -0.39 is 28.5 Å². The van der Waals surface area contributed by atoms with Gasteiger partial charge < -0.3 is 4.74 Å². The van der Waals surface area contributed by atoms with Crippen LogP contribution >= 0.6 is 0 Å². The predicted octanol–water partition coefficient (Wildman–Crippen LogP) is 3.84. The summed E-state index contributed by atoms with van der Waals surface area (Å²) in [5.41, 5.74) is 2.42. The second-order valence-corrected chi connectivity index (χ2v) is 10.8. The van der Waals surface area contributed by atoms with Gasteiger partial charge in [0.15, 0.2) is 0 Å². The van der Waals surface area contributed by atoms with E-state index in [2.05, 4.69) is 4.72 Å². The molecule has 1 saturated heterocycles. The summed E-state index contributed by atoms with van der Waals surface area (Å²) >= 11 is 0. The van der Waals surface area contributed by atoms with Crippen molar-refractivity contribution in [3.63, 3.8) is 0 Å². The third-order valence-corrected chi connectivity index (χ3v) is 8.71. The molecule has 1 heterocycles. The molecule has 1 N–H and O–H groups in total. The van der Waals surface area contributed by atoms with Gasteiger partial charge in [-0.25, -0.2) is 0 Å². The third kappa shape index (κ3) is 4.02. The summed E-state index contributed by atoms with van der Waals surface area (Å²) in [5.74, 6) is 0.661. The maximum absolute atomic E-state index is 13.0. The van der Waals surface area contributed by atoms with Gasteiger partial charge in [-0.1, -0.05) is 36.4 Å². The number of ether oxygens (including phenoxy) is 1. The standard InChI is InChI=1S/C23H25F3N2O3S/c24-23(25,26)15-28-14-22(27-32(28,29)30)19-7-8-20(22)11-18-12-21(9-6-17(18)10-19)31-13-16-4-2-1-3-5-16/h1-6,9,12,19-20,27H,7-8,10-11,13-15H2/t19-,20+,22-/m1/s1. The van der Waals surface area contributed by atoms with Gasteiger partial charge in [0.25, 0.3) is 10.2 Å². The first-order chi connectivity index (χ1) is 15.1. The van der Waals surface area contributed by atoms with E-state index in [0.29, 0.717) is 23.8 Å². The minimum Gasteiger partial charge on any atom is -0.489 e. The lowest BCUT2D eigenvalue weighted by molar-refractivity contribution is -0.136. The first-order valence-corrected chi connectivity index (χ1v) is 12.2. The van der Waals surface area contributed by atoms with Crippen molar-refractivity contribution in [1.82, 2.24) is 9.03 Å². The number of benzene rings is 2. The van der Waals surface area contributed by atoms with Crippen molar-refractivity contribution in [3.8, 4) is 5.75 Å². The topological polar surface area (TPSA) is 58.6 Å². The fraction of sp³-hybridized carbons (Fsp3) is 0.478. The van der Waals surface area contributed by atoms with Gasteiger partial charge >= 0.3 is 6.18 Å². The highest BCUT2D eigenvalue weighted by Crippen LogP contribution is 2.50. The Kier molecular flexibility index (Phi) is 5.26. The van der Waals surface area contributed by atoms with E-state index >= 15 is 0 Å². The lowest BCUT2D eigenvalue weighted by atomic mass is 9.79. The fourth-order valence-electron chi connectivity index (χ4n) is 5.65. The molecule has 5 rings (SSSR count). The lowest BCUT2D eigenvalue weighted by Gasteiger charge is -2.33. The van der Waals surface area contributed by atoms with Crippen molar-refractivity contribution in [2.75, 3.05) is 13.1 Å². The molecule has 172 valence electrons. The monoisotopic (exact) mass is 466 g/mol. The van der Waals surface area contributed by atoms with Crippen LogP contribution in [-0.4, -0.2) is 37.5 Å². The summed E-state index contributed by atoms with van der Waals surface area (Å²) in [6, 6.07) is 15.8. The van der Waals surface area contributed by atoms with E-state index in [4.69, 9.17) is 4.74 Å². The molecule has 9 heteroatoms. The molecule has 3 atom stereocenters. The number of fused-ring (bicyclic) bond motifs is 1. The molecule has 2 aromatic carbocycles. The van der Waals surface area contributed by atoms with Crippen molar-refractivity contribution >= 4 is 10.2 Å². The van der Waals surface area contributed by atoms with Crippen LogP contribution in [0.25, 0.3) is 0 Å². The van der Waals surface area contributed by atoms with Gasteiger partial charge in [0, 0.05) is 6.54 Å². The number of hydrogen-bond acceptors (Lipinski definition) is 3. The molecule has 0 aromatic heterocycles. The molecule has 5 nitrogen and oxygen atoms in total. The van der Waals surface area contributed by atoms with Crippen LogP contribution in [0.2, 0.25) is 0 Å². The van der Waals surface area contributed by atoms with E-state index in [1.165, 1.54) is 0 Å². The molecule has 0 unspecified atom stereocenters. The van der Waals surface area contributed by atoms with Gasteiger partial charge in [0.05, 0.1) is 5.54 Å². The smallest absolute Gasteiger partial charge is 0.402 e. The SMILES string of the molecule is O=S1(=O)N[C@]2(CN1CC(F)(F)F)[C@@H]1CC[C@H]2Cc2cc(OCc3ccccc3)ccc2C1. The molecular weight excluding hydrogens is 441 g/mol. The number of rotatable bonds is 4.